The van der Waals surface area contributed by atoms with Crippen LogP contribution in [-0.4, -0.2) is 16.6 Å². The van der Waals surface area contributed by atoms with Gasteiger partial charge in [0.15, 0.2) is 10.9 Å². The Hall–Kier alpha value is -2.86. The summed E-state index contributed by atoms with van der Waals surface area (Å²) in [5, 5.41) is 7.13. The van der Waals surface area contributed by atoms with Gasteiger partial charge in [0, 0.05) is 28.8 Å². The van der Waals surface area contributed by atoms with Crippen LogP contribution in [0.4, 0.5) is 10.8 Å². The number of fused-ring (bicyclic) bond motifs is 1. The molecule has 3 aromatic heterocycles. The SMILES string of the molecule is CCCCCCCOc1ccc(Nc2nc(-c3cc4cnccc4o3)cs2)cc1. The highest BCUT2D eigenvalue weighted by Crippen LogP contribution is 2.31. The van der Waals surface area contributed by atoms with Gasteiger partial charge in [0.1, 0.15) is 17.0 Å². The van der Waals surface area contributed by atoms with E-state index in [1.54, 1.807) is 23.7 Å². The quantitative estimate of drug-likeness (QED) is 0.286. The van der Waals surface area contributed by atoms with Crippen molar-refractivity contribution >= 4 is 33.1 Å². The summed E-state index contributed by atoms with van der Waals surface area (Å²) < 4.78 is 11.7. The van der Waals surface area contributed by atoms with Gasteiger partial charge < -0.3 is 14.5 Å². The lowest BCUT2D eigenvalue weighted by molar-refractivity contribution is 0.304. The van der Waals surface area contributed by atoms with Crippen LogP contribution in [-0.2, 0) is 0 Å². The zero-order valence-corrected chi connectivity index (χ0v) is 17.4. The lowest BCUT2D eigenvalue weighted by Crippen LogP contribution is -1.97. The topological polar surface area (TPSA) is 60.2 Å². The van der Waals surface area contributed by atoms with E-state index in [0.29, 0.717) is 0 Å². The van der Waals surface area contributed by atoms with Crippen LogP contribution in [0.5, 0.6) is 5.75 Å². The fourth-order valence-electron chi connectivity index (χ4n) is 3.11. The van der Waals surface area contributed by atoms with Crippen LogP contribution in [0.15, 0.2) is 58.6 Å². The second-order valence-corrected chi connectivity index (χ2v) is 7.83. The second-order valence-electron chi connectivity index (χ2n) is 6.97. The first kappa shape index (κ1) is 19.5. The number of aromatic nitrogens is 2. The molecule has 1 N–H and O–H groups in total. The van der Waals surface area contributed by atoms with E-state index in [9.17, 15) is 0 Å². The molecule has 0 saturated heterocycles. The third-order valence-corrected chi connectivity index (χ3v) is 5.45. The molecule has 1 aromatic carbocycles. The lowest BCUT2D eigenvalue weighted by Gasteiger charge is -2.07. The molecule has 0 atom stereocenters. The van der Waals surface area contributed by atoms with Gasteiger partial charge in [-0.2, -0.15) is 0 Å². The van der Waals surface area contributed by atoms with Crippen LogP contribution >= 0.6 is 11.3 Å². The minimum atomic E-state index is 0.750. The average molecular weight is 408 g/mol. The number of hydrogen-bond acceptors (Lipinski definition) is 6. The standard InChI is InChI=1S/C23H25N3O2S/c1-2-3-4-5-6-13-27-19-9-7-18(8-10-19)25-23-26-20(16-29-23)22-14-17-15-24-12-11-21(17)28-22/h7-12,14-16H,2-6,13H2,1H3,(H,25,26). The summed E-state index contributed by atoms with van der Waals surface area (Å²) in [7, 11) is 0. The number of pyridine rings is 1. The summed E-state index contributed by atoms with van der Waals surface area (Å²) in [5.74, 6) is 1.65. The van der Waals surface area contributed by atoms with E-state index in [1.807, 2.05) is 41.8 Å². The van der Waals surface area contributed by atoms with Crippen molar-refractivity contribution in [2.24, 2.45) is 0 Å². The number of nitrogens with zero attached hydrogens (tertiary/aromatic N) is 2. The highest BCUT2D eigenvalue weighted by molar-refractivity contribution is 7.14. The van der Waals surface area contributed by atoms with Crippen molar-refractivity contribution in [3.8, 4) is 17.2 Å². The van der Waals surface area contributed by atoms with Crippen molar-refractivity contribution in [3.05, 3.63) is 54.2 Å². The molecule has 0 saturated carbocycles. The Morgan fingerprint density at radius 1 is 1.07 bits per heavy atom. The summed E-state index contributed by atoms with van der Waals surface area (Å²) in [5.41, 5.74) is 2.62. The molecule has 0 fully saturated rings. The Bertz CT molecular complexity index is 1010. The summed E-state index contributed by atoms with van der Waals surface area (Å²) in [6.07, 6.45) is 9.75. The Morgan fingerprint density at radius 3 is 2.76 bits per heavy atom. The molecule has 0 aliphatic heterocycles. The van der Waals surface area contributed by atoms with E-state index in [1.165, 1.54) is 25.7 Å². The number of hydrogen-bond donors (Lipinski definition) is 1. The zero-order chi connectivity index (χ0) is 19.9. The van der Waals surface area contributed by atoms with Crippen LogP contribution in [0.25, 0.3) is 22.4 Å². The molecule has 5 nitrogen and oxygen atoms in total. The lowest BCUT2D eigenvalue weighted by atomic mass is 10.2. The number of anilines is 2. The molecule has 0 amide bonds. The van der Waals surface area contributed by atoms with Crippen molar-refractivity contribution in [3.63, 3.8) is 0 Å². The smallest absolute Gasteiger partial charge is 0.187 e. The van der Waals surface area contributed by atoms with Gasteiger partial charge in [-0.05, 0) is 42.8 Å². The molecule has 0 aliphatic rings. The predicted octanol–water partition coefficient (Wildman–Crippen LogP) is 7.04. The normalized spacial score (nSPS) is 11.1. The third-order valence-electron chi connectivity index (χ3n) is 4.70. The Kier molecular flexibility index (Phi) is 6.42. The van der Waals surface area contributed by atoms with Gasteiger partial charge in [-0.3, -0.25) is 4.98 Å². The van der Waals surface area contributed by atoms with Crippen LogP contribution in [0.3, 0.4) is 0 Å². The first-order valence-electron chi connectivity index (χ1n) is 10.1. The molecule has 0 radical (unpaired) electrons. The van der Waals surface area contributed by atoms with Crippen LogP contribution < -0.4 is 10.1 Å². The Balaban J connectivity index is 1.31. The maximum atomic E-state index is 5.86. The Labute approximate surface area is 174 Å². The molecular weight excluding hydrogens is 382 g/mol. The van der Waals surface area contributed by atoms with Crippen LogP contribution in [0, 0.1) is 0 Å². The van der Waals surface area contributed by atoms with Crippen molar-refractivity contribution in [1.29, 1.82) is 0 Å². The molecule has 4 aromatic rings. The van der Waals surface area contributed by atoms with Gasteiger partial charge in [-0.25, -0.2) is 4.98 Å². The fraction of sp³-hybridized carbons (Fsp3) is 0.304. The Morgan fingerprint density at radius 2 is 1.93 bits per heavy atom. The summed E-state index contributed by atoms with van der Waals surface area (Å²) >= 11 is 1.55. The van der Waals surface area contributed by atoms with Crippen molar-refractivity contribution in [2.75, 3.05) is 11.9 Å². The maximum Gasteiger partial charge on any atom is 0.187 e. The number of rotatable bonds is 10. The van der Waals surface area contributed by atoms with Gasteiger partial charge in [0.2, 0.25) is 0 Å². The average Bonchev–Trinajstić information content (AvgIpc) is 3.38. The molecule has 0 unspecified atom stereocenters. The van der Waals surface area contributed by atoms with Gasteiger partial charge in [0.05, 0.1) is 6.61 Å². The van der Waals surface area contributed by atoms with Crippen molar-refractivity contribution < 1.29 is 9.15 Å². The molecule has 29 heavy (non-hydrogen) atoms. The highest BCUT2D eigenvalue weighted by Gasteiger charge is 2.10. The van der Waals surface area contributed by atoms with Crippen molar-refractivity contribution in [2.45, 2.75) is 39.0 Å². The summed E-state index contributed by atoms with van der Waals surface area (Å²) in [4.78, 5) is 8.76. The van der Waals surface area contributed by atoms with Crippen molar-refractivity contribution in [1.82, 2.24) is 9.97 Å². The largest absolute Gasteiger partial charge is 0.494 e. The number of furan rings is 1. The van der Waals surface area contributed by atoms with E-state index >= 15 is 0 Å². The molecule has 3 heterocycles. The minimum absolute atomic E-state index is 0.750. The van der Waals surface area contributed by atoms with E-state index in [2.05, 4.69) is 22.2 Å². The van der Waals surface area contributed by atoms with Crippen LogP contribution in [0.2, 0.25) is 0 Å². The van der Waals surface area contributed by atoms with E-state index in [0.717, 1.165) is 52.0 Å². The third kappa shape index (κ3) is 5.15. The monoisotopic (exact) mass is 407 g/mol. The number of benzene rings is 1. The first-order chi connectivity index (χ1) is 14.3. The van der Waals surface area contributed by atoms with Gasteiger partial charge in [0.25, 0.3) is 0 Å². The summed E-state index contributed by atoms with van der Waals surface area (Å²) in [6.45, 7) is 3.01. The first-order valence-corrected chi connectivity index (χ1v) is 11.0. The molecule has 6 heteroatoms. The molecule has 150 valence electrons. The molecule has 4 rings (SSSR count). The van der Waals surface area contributed by atoms with Gasteiger partial charge >= 0.3 is 0 Å². The molecule has 0 spiro atoms. The number of ether oxygens (including phenoxy) is 1. The predicted molar refractivity (Wildman–Crippen MR) is 119 cm³/mol. The van der Waals surface area contributed by atoms with Gasteiger partial charge in [-0.1, -0.05) is 32.6 Å². The maximum absolute atomic E-state index is 5.86. The molecule has 0 aliphatic carbocycles. The van der Waals surface area contributed by atoms with E-state index in [4.69, 9.17) is 9.15 Å². The van der Waals surface area contributed by atoms with Crippen LogP contribution in [0.1, 0.15) is 39.0 Å². The number of thiazole rings is 1. The van der Waals surface area contributed by atoms with E-state index in [-0.39, 0.29) is 0 Å². The molecule has 0 bridgehead atoms. The summed E-state index contributed by atoms with van der Waals surface area (Å²) in [6, 6.07) is 11.8. The number of nitrogens with one attached hydrogen (secondary N) is 1. The fourth-order valence-corrected chi connectivity index (χ4v) is 3.83. The highest BCUT2D eigenvalue weighted by atomic mass is 32.1. The second kappa shape index (κ2) is 9.56. The minimum Gasteiger partial charge on any atom is -0.494 e. The number of unbranched alkanes of at least 4 members (excludes halogenated alkanes) is 4. The van der Waals surface area contributed by atoms with Gasteiger partial charge in [-0.15, -0.1) is 11.3 Å². The van der Waals surface area contributed by atoms with E-state index < -0.39 is 0 Å². The molecular formula is C23H25N3O2S. The zero-order valence-electron chi connectivity index (χ0n) is 16.6.